The Bertz CT molecular complexity index is 845. The molecule has 0 unspecified atom stereocenters. The molecule has 0 bridgehead atoms. The molecule has 1 aromatic carbocycles. The number of carbonyl (C=O) groups is 1. The van der Waals surface area contributed by atoms with Crippen molar-refractivity contribution >= 4 is 22.4 Å². The maximum Gasteiger partial charge on any atom is 0.274 e. The van der Waals surface area contributed by atoms with Gasteiger partial charge in [-0.3, -0.25) is 9.00 Å². The van der Waals surface area contributed by atoms with Crippen LogP contribution in [0.25, 0.3) is 5.82 Å². The number of nitrogens with one attached hydrogen (secondary N) is 1. The lowest BCUT2D eigenvalue weighted by molar-refractivity contribution is 0.102. The summed E-state index contributed by atoms with van der Waals surface area (Å²) in [7, 11) is -1.04. The number of anilines is 1. The molecule has 3 aromatic rings. The maximum atomic E-state index is 12.3. The first kappa shape index (κ1) is 15.1. The third-order valence-electron chi connectivity index (χ3n) is 3.15. The minimum atomic E-state index is -1.04. The normalized spacial score (nSPS) is 11.9. The second-order valence-electron chi connectivity index (χ2n) is 4.76. The van der Waals surface area contributed by atoms with Crippen LogP contribution in [-0.4, -0.2) is 31.1 Å². The van der Waals surface area contributed by atoms with Crippen LogP contribution in [0.3, 0.4) is 0 Å². The fraction of sp³-hybridized carbons (Fsp3) is 0.0625. The van der Waals surface area contributed by atoms with Crippen molar-refractivity contribution in [3.63, 3.8) is 0 Å². The van der Waals surface area contributed by atoms with E-state index in [4.69, 9.17) is 0 Å². The first-order chi connectivity index (χ1) is 11.1. The monoisotopic (exact) mass is 326 g/mol. The van der Waals surface area contributed by atoms with Crippen LogP contribution in [0.1, 0.15) is 10.5 Å². The molecule has 0 spiro atoms. The Morgan fingerprint density at radius 2 is 1.91 bits per heavy atom. The van der Waals surface area contributed by atoms with Crippen molar-refractivity contribution in [1.82, 2.24) is 14.8 Å². The summed E-state index contributed by atoms with van der Waals surface area (Å²) in [6, 6.07) is 13.8. The van der Waals surface area contributed by atoms with Gasteiger partial charge >= 0.3 is 0 Å². The molecule has 1 atom stereocenters. The van der Waals surface area contributed by atoms with Crippen LogP contribution in [-0.2, 0) is 10.8 Å². The van der Waals surface area contributed by atoms with E-state index in [1.54, 1.807) is 71.9 Å². The van der Waals surface area contributed by atoms with Gasteiger partial charge in [0.05, 0.1) is 0 Å². The van der Waals surface area contributed by atoms with Crippen molar-refractivity contribution in [3.8, 4) is 5.82 Å². The summed E-state index contributed by atoms with van der Waals surface area (Å²) in [6.07, 6.45) is 5.01. The van der Waals surface area contributed by atoms with Crippen LogP contribution in [0.4, 0.5) is 5.69 Å². The van der Waals surface area contributed by atoms with Crippen LogP contribution >= 0.6 is 0 Å². The second-order valence-corrected chi connectivity index (χ2v) is 6.14. The van der Waals surface area contributed by atoms with E-state index in [1.807, 2.05) is 0 Å². The molecule has 7 heteroatoms. The number of rotatable bonds is 4. The Labute approximate surface area is 135 Å². The van der Waals surface area contributed by atoms with E-state index >= 15 is 0 Å². The Morgan fingerprint density at radius 3 is 2.57 bits per heavy atom. The largest absolute Gasteiger partial charge is 0.321 e. The topological polar surface area (TPSA) is 76.9 Å². The number of aromatic nitrogens is 3. The lowest BCUT2D eigenvalue weighted by Gasteiger charge is -2.07. The van der Waals surface area contributed by atoms with Crippen molar-refractivity contribution in [2.75, 3.05) is 11.6 Å². The van der Waals surface area contributed by atoms with Gasteiger partial charge in [-0.15, -0.1) is 0 Å². The minimum absolute atomic E-state index is 0.293. The maximum absolute atomic E-state index is 12.3. The van der Waals surface area contributed by atoms with Gasteiger partial charge in [-0.1, -0.05) is 6.07 Å². The van der Waals surface area contributed by atoms with Crippen molar-refractivity contribution in [3.05, 3.63) is 66.6 Å². The van der Waals surface area contributed by atoms with E-state index in [9.17, 15) is 9.00 Å². The standard InChI is InChI=1S/C16H14N4O2S/c1-23(22)13-8-6-12(7-9-13)18-16(21)14-4-2-5-15(19-14)20-11-3-10-17-20/h2-11H,1H3,(H,18,21)/t23-/m0/s1. The van der Waals surface area contributed by atoms with Crippen LogP contribution in [0.2, 0.25) is 0 Å². The van der Waals surface area contributed by atoms with Gasteiger partial charge in [0, 0.05) is 40.0 Å². The highest BCUT2D eigenvalue weighted by molar-refractivity contribution is 7.84. The Hall–Kier alpha value is -2.80. The highest BCUT2D eigenvalue weighted by Gasteiger charge is 2.09. The zero-order valence-corrected chi connectivity index (χ0v) is 13.2. The van der Waals surface area contributed by atoms with Gasteiger partial charge in [-0.25, -0.2) is 9.67 Å². The van der Waals surface area contributed by atoms with E-state index in [1.165, 1.54) is 0 Å². The smallest absolute Gasteiger partial charge is 0.274 e. The third kappa shape index (κ3) is 3.51. The van der Waals surface area contributed by atoms with Crippen LogP contribution in [0.5, 0.6) is 0 Å². The molecule has 1 amide bonds. The van der Waals surface area contributed by atoms with Crippen LogP contribution < -0.4 is 5.32 Å². The molecule has 0 saturated heterocycles. The first-order valence-corrected chi connectivity index (χ1v) is 8.41. The van der Waals surface area contributed by atoms with Gasteiger partial charge in [0.1, 0.15) is 5.69 Å². The predicted molar refractivity (Wildman–Crippen MR) is 88.1 cm³/mol. The molecule has 6 nitrogen and oxygen atoms in total. The molecule has 0 aliphatic rings. The summed E-state index contributed by atoms with van der Waals surface area (Å²) in [5.74, 6) is 0.253. The van der Waals surface area contributed by atoms with Gasteiger partial charge in [0.2, 0.25) is 0 Å². The fourth-order valence-electron chi connectivity index (χ4n) is 2.01. The summed E-state index contributed by atoms with van der Waals surface area (Å²) < 4.78 is 12.9. The SMILES string of the molecule is C[S@](=O)c1ccc(NC(=O)c2cccc(-n3cccn3)n2)cc1. The summed E-state index contributed by atoms with van der Waals surface area (Å²) in [4.78, 5) is 17.3. The number of nitrogens with zero attached hydrogens (tertiary/aromatic N) is 3. The van der Waals surface area contributed by atoms with Crippen LogP contribution in [0, 0.1) is 0 Å². The Kier molecular flexibility index (Phi) is 4.29. The van der Waals surface area contributed by atoms with Crippen molar-refractivity contribution in [1.29, 1.82) is 0 Å². The van der Waals surface area contributed by atoms with Gasteiger partial charge in [0.25, 0.3) is 5.91 Å². The number of hydrogen-bond acceptors (Lipinski definition) is 4. The second kappa shape index (κ2) is 6.53. The average Bonchev–Trinajstić information content (AvgIpc) is 3.10. The quantitative estimate of drug-likeness (QED) is 0.798. The van der Waals surface area contributed by atoms with E-state index in [-0.39, 0.29) is 5.91 Å². The Morgan fingerprint density at radius 1 is 1.13 bits per heavy atom. The lowest BCUT2D eigenvalue weighted by atomic mass is 10.3. The minimum Gasteiger partial charge on any atom is -0.321 e. The highest BCUT2D eigenvalue weighted by Crippen LogP contribution is 2.13. The van der Waals surface area contributed by atoms with Crippen molar-refractivity contribution in [2.24, 2.45) is 0 Å². The molecule has 0 radical (unpaired) electrons. The molecule has 23 heavy (non-hydrogen) atoms. The third-order valence-corrected chi connectivity index (χ3v) is 4.09. The fourth-order valence-corrected chi connectivity index (χ4v) is 2.53. The number of benzene rings is 1. The van der Waals surface area contributed by atoms with Gasteiger partial charge in [-0.2, -0.15) is 5.10 Å². The Balaban J connectivity index is 1.78. The number of pyridine rings is 1. The summed E-state index contributed by atoms with van der Waals surface area (Å²) in [6.45, 7) is 0. The number of hydrogen-bond donors (Lipinski definition) is 1. The van der Waals surface area contributed by atoms with E-state index in [2.05, 4.69) is 15.4 Å². The summed E-state index contributed by atoms with van der Waals surface area (Å²) >= 11 is 0. The molecular formula is C16H14N4O2S. The number of amides is 1. The molecule has 0 fully saturated rings. The molecule has 0 aliphatic carbocycles. The van der Waals surface area contributed by atoms with Crippen molar-refractivity contribution in [2.45, 2.75) is 4.90 Å². The van der Waals surface area contributed by atoms with E-state index in [0.717, 1.165) is 0 Å². The predicted octanol–water partition coefficient (Wildman–Crippen LogP) is 2.26. The molecular weight excluding hydrogens is 312 g/mol. The lowest BCUT2D eigenvalue weighted by Crippen LogP contribution is -2.14. The summed E-state index contributed by atoms with van der Waals surface area (Å²) in [5, 5.41) is 6.86. The molecule has 116 valence electrons. The average molecular weight is 326 g/mol. The molecule has 2 heterocycles. The molecule has 0 saturated carbocycles. The zero-order valence-electron chi connectivity index (χ0n) is 12.3. The van der Waals surface area contributed by atoms with Gasteiger partial charge in [-0.05, 0) is 42.5 Å². The molecule has 2 aromatic heterocycles. The van der Waals surface area contributed by atoms with Gasteiger partial charge < -0.3 is 5.32 Å². The molecule has 1 N–H and O–H groups in total. The molecule has 0 aliphatic heterocycles. The van der Waals surface area contributed by atoms with Crippen molar-refractivity contribution < 1.29 is 9.00 Å². The van der Waals surface area contributed by atoms with E-state index in [0.29, 0.717) is 22.1 Å². The van der Waals surface area contributed by atoms with Crippen LogP contribution in [0.15, 0.2) is 65.8 Å². The number of carbonyl (C=O) groups excluding carboxylic acids is 1. The summed E-state index contributed by atoms with van der Waals surface area (Å²) in [5.41, 5.74) is 0.914. The first-order valence-electron chi connectivity index (χ1n) is 6.85. The highest BCUT2D eigenvalue weighted by atomic mass is 32.2. The zero-order chi connectivity index (χ0) is 16.2. The van der Waals surface area contributed by atoms with E-state index < -0.39 is 10.8 Å². The van der Waals surface area contributed by atoms with Gasteiger partial charge in [0.15, 0.2) is 5.82 Å². The molecule has 3 rings (SSSR count).